The second-order valence-electron chi connectivity index (χ2n) is 2.38. The average Bonchev–Trinajstić information content (AvgIpc) is 2.56. The van der Waals surface area contributed by atoms with Crippen molar-refractivity contribution in [1.29, 1.82) is 0 Å². The first-order chi connectivity index (χ1) is 5.86. The molecule has 2 rings (SSSR count). The van der Waals surface area contributed by atoms with Gasteiger partial charge in [0.1, 0.15) is 12.0 Å². The van der Waals surface area contributed by atoms with Gasteiger partial charge in [-0.1, -0.05) is 12.1 Å². The van der Waals surface area contributed by atoms with Crippen LogP contribution in [-0.2, 0) is 0 Å². The van der Waals surface area contributed by atoms with Gasteiger partial charge in [-0.25, -0.2) is 4.98 Å². The van der Waals surface area contributed by atoms with Crippen LogP contribution in [0.1, 0.15) is 0 Å². The first-order valence-electron chi connectivity index (χ1n) is 3.50. The molecule has 0 atom stereocenters. The van der Waals surface area contributed by atoms with E-state index >= 15 is 0 Å². The highest BCUT2D eigenvalue weighted by atomic mass is 127. The Labute approximate surface area is 83.8 Å². The van der Waals surface area contributed by atoms with Crippen LogP contribution in [0, 0.1) is 3.57 Å². The van der Waals surface area contributed by atoms with Crippen LogP contribution in [0.25, 0.3) is 11.3 Å². The predicted molar refractivity (Wildman–Crippen MR) is 54.7 cm³/mol. The van der Waals surface area contributed by atoms with Crippen molar-refractivity contribution in [2.75, 3.05) is 0 Å². The van der Waals surface area contributed by atoms with Crippen LogP contribution in [0.3, 0.4) is 0 Å². The van der Waals surface area contributed by atoms with Crippen LogP contribution < -0.4 is 0 Å². The maximum Gasteiger partial charge on any atom is 0.181 e. The van der Waals surface area contributed by atoms with Gasteiger partial charge in [0.15, 0.2) is 6.39 Å². The summed E-state index contributed by atoms with van der Waals surface area (Å²) in [5.74, 6) is 0. The minimum Gasteiger partial charge on any atom is -0.451 e. The molecule has 3 heteroatoms. The van der Waals surface area contributed by atoms with Gasteiger partial charge in [0.05, 0.1) is 0 Å². The van der Waals surface area contributed by atoms with Gasteiger partial charge >= 0.3 is 0 Å². The summed E-state index contributed by atoms with van der Waals surface area (Å²) in [7, 11) is 0. The van der Waals surface area contributed by atoms with E-state index in [1.54, 1.807) is 6.26 Å². The Kier molecular flexibility index (Phi) is 2.12. The molecule has 0 fully saturated rings. The third-order valence-corrected chi connectivity index (χ3v) is 2.22. The summed E-state index contributed by atoms with van der Waals surface area (Å²) in [4.78, 5) is 4.06. The molecule has 0 radical (unpaired) electrons. The van der Waals surface area contributed by atoms with Gasteiger partial charge in [0.2, 0.25) is 0 Å². The van der Waals surface area contributed by atoms with E-state index in [1.165, 1.54) is 9.96 Å². The van der Waals surface area contributed by atoms with Crippen LogP contribution in [0.5, 0.6) is 0 Å². The first-order valence-corrected chi connectivity index (χ1v) is 4.58. The van der Waals surface area contributed by atoms with Crippen LogP contribution in [0.4, 0.5) is 0 Å². The molecule has 0 spiro atoms. The highest BCUT2D eigenvalue weighted by molar-refractivity contribution is 14.1. The molecule has 0 amide bonds. The van der Waals surface area contributed by atoms with Crippen molar-refractivity contribution in [1.82, 2.24) is 4.98 Å². The fourth-order valence-corrected chi connectivity index (χ4v) is 1.55. The van der Waals surface area contributed by atoms with Crippen molar-refractivity contribution >= 4 is 22.6 Å². The number of nitrogens with zero attached hydrogens (tertiary/aromatic N) is 1. The molecule has 2 nitrogen and oxygen atoms in total. The standard InChI is InChI=1S/C9H6INO/c10-8-3-1-2-7(4-8)9-5-12-6-11-9/h1-6H. The van der Waals surface area contributed by atoms with E-state index in [0.717, 1.165) is 11.3 Å². The Morgan fingerprint density at radius 2 is 2.25 bits per heavy atom. The van der Waals surface area contributed by atoms with Gasteiger partial charge in [-0.3, -0.25) is 0 Å². The average molecular weight is 271 g/mol. The Morgan fingerprint density at radius 3 is 2.92 bits per heavy atom. The summed E-state index contributed by atoms with van der Waals surface area (Å²) in [6, 6.07) is 8.13. The molecule has 2 aromatic rings. The second-order valence-corrected chi connectivity index (χ2v) is 3.63. The fourth-order valence-electron chi connectivity index (χ4n) is 1.00. The Bertz CT molecular complexity index is 370. The SMILES string of the molecule is Ic1cccc(-c2cocn2)c1. The maximum atomic E-state index is 4.90. The van der Waals surface area contributed by atoms with Crippen molar-refractivity contribution in [3.8, 4) is 11.3 Å². The van der Waals surface area contributed by atoms with E-state index in [2.05, 4.69) is 33.6 Å². The van der Waals surface area contributed by atoms with Crippen molar-refractivity contribution < 1.29 is 4.42 Å². The molecular weight excluding hydrogens is 265 g/mol. The lowest BCUT2D eigenvalue weighted by Crippen LogP contribution is -1.77. The lowest BCUT2D eigenvalue weighted by molar-refractivity contribution is 0.558. The molecule has 12 heavy (non-hydrogen) atoms. The largest absolute Gasteiger partial charge is 0.451 e. The van der Waals surface area contributed by atoms with E-state index in [4.69, 9.17) is 4.42 Å². The van der Waals surface area contributed by atoms with E-state index in [-0.39, 0.29) is 0 Å². The summed E-state index contributed by atoms with van der Waals surface area (Å²) in [6.45, 7) is 0. The van der Waals surface area contributed by atoms with Gasteiger partial charge in [0, 0.05) is 9.13 Å². The highest BCUT2D eigenvalue weighted by Crippen LogP contribution is 2.18. The number of halogens is 1. The van der Waals surface area contributed by atoms with Gasteiger partial charge in [-0.15, -0.1) is 0 Å². The molecule has 0 N–H and O–H groups in total. The van der Waals surface area contributed by atoms with Crippen molar-refractivity contribution in [3.63, 3.8) is 0 Å². The normalized spacial score (nSPS) is 10.1. The van der Waals surface area contributed by atoms with E-state index in [1.807, 2.05) is 18.2 Å². The summed E-state index contributed by atoms with van der Waals surface area (Å²) in [5.41, 5.74) is 1.98. The number of benzene rings is 1. The monoisotopic (exact) mass is 271 g/mol. The maximum absolute atomic E-state index is 4.90. The minimum atomic E-state index is 0.883. The number of hydrogen-bond donors (Lipinski definition) is 0. The van der Waals surface area contributed by atoms with Crippen molar-refractivity contribution in [2.24, 2.45) is 0 Å². The lowest BCUT2D eigenvalue weighted by atomic mass is 10.2. The number of oxazole rings is 1. The van der Waals surface area contributed by atoms with Crippen molar-refractivity contribution in [3.05, 3.63) is 40.5 Å². The van der Waals surface area contributed by atoms with E-state index in [0.29, 0.717) is 0 Å². The second kappa shape index (κ2) is 3.26. The van der Waals surface area contributed by atoms with Gasteiger partial charge in [-0.05, 0) is 34.7 Å². The third kappa shape index (κ3) is 1.50. The quantitative estimate of drug-likeness (QED) is 0.745. The lowest BCUT2D eigenvalue weighted by Gasteiger charge is -1.94. The Morgan fingerprint density at radius 1 is 1.33 bits per heavy atom. The molecule has 0 aliphatic rings. The Balaban J connectivity index is 2.48. The first kappa shape index (κ1) is 7.79. The van der Waals surface area contributed by atoms with Gasteiger partial charge in [-0.2, -0.15) is 0 Å². The zero-order valence-electron chi connectivity index (χ0n) is 6.20. The summed E-state index contributed by atoms with van der Waals surface area (Å²) < 4.78 is 6.10. The molecule has 0 aliphatic carbocycles. The zero-order chi connectivity index (χ0) is 8.39. The molecule has 1 heterocycles. The van der Waals surface area contributed by atoms with Crippen LogP contribution >= 0.6 is 22.6 Å². The third-order valence-electron chi connectivity index (χ3n) is 1.55. The summed E-state index contributed by atoms with van der Waals surface area (Å²) in [5, 5.41) is 0. The van der Waals surface area contributed by atoms with E-state index < -0.39 is 0 Å². The summed E-state index contributed by atoms with van der Waals surface area (Å²) >= 11 is 2.27. The summed E-state index contributed by atoms with van der Waals surface area (Å²) in [6.07, 6.45) is 3.08. The zero-order valence-corrected chi connectivity index (χ0v) is 8.36. The molecule has 0 aliphatic heterocycles. The van der Waals surface area contributed by atoms with Crippen LogP contribution in [0.2, 0.25) is 0 Å². The van der Waals surface area contributed by atoms with Crippen molar-refractivity contribution in [2.45, 2.75) is 0 Å². The fraction of sp³-hybridized carbons (Fsp3) is 0. The molecule has 0 bridgehead atoms. The topological polar surface area (TPSA) is 26.0 Å². The van der Waals surface area contributed by atoms with E-state index in [9.17, 15) is 0 Å². The van der Waals surface area contributed by atoms with Crippen LogP contribution in [0.15, 0.2) is 41.3 Å². The number of hydrogen-bond acceptors (Lipinski definition) is 2. The molecule has 1 aromatic heterocycles. The number of rotatable bonds is 1. The Hall–Kier alpha value is -0.840. The molecule has 0 unspecified atom stereocenters. The smallest absolute Gasteiger partial charge is 0.181 e. The molecule has 0 saturated carbocycles. The highest BCUT2D eigenvalue weighted by Gasteiger charge is 1.99. The van der Waals surface area contributed by atoms with Gasteiger partial charge < -0.3 is 4.42 Å². The minimum absolute atomic E-state index is 0.883. The number of aromatic nitrogens is 1. The molecule has 1 aromatic carbocycles. The van der Waals surface area contributed by atoms with Crippen LogP contribution in [-0.4, -0.2) is 4.98 Å². The predicted octanol–water partition coefficient (Wildman–Crippen LogP) is 2.95. The molecule has 60 valence electrons. The molecular formula is C9H6INO. The van der Waals surface area contributed by atoms with Gasteiger partial charge in [0.25, 0.3) is 0 Å². The molecule has 0 saturated heterocycles.